The highest BCUT2D eigenvalue weighted by Crippen LogP contribution is 2.28. The minimum Gasteiger partial charge on any atom is -0.330 e. The Kier molecular flexibility index (Phi) is 3.60. The van der Waals surface area contributed by atoms with E-state index in [1.807, 2.05) is 11.3 Å². The van der Waals surface area contributed by atoms with E-state index in [2.05, 4.69) is 5.38 Å². The van der Waals surface area contributed by atoms with Crippen LogP contribution < -0.4 is 5.73 Å². The normalized spacial score (nSPS) is 17.2. The molecule has 78 valence electrons. The lowest BCUT2D eigenvalue weighted by Crippen LogP contribution is -2.05. The van der Waals surface area contributed by atoms with Crippen molar-refractivity contribution >= 4 is 11.3 Å². The number of aryl methyl sites for hydroxylation is 1. The van der Waals surface area contributed by atoms with E-state index >= 15 is 0 Å². The van der Waals surface area contributed by atoms with Crippen molar-refractivity contribution in [2.75, 3.05) is 6.54 Å². The van der Waals surface area contributed by atoms with Gasteiger partial charge in [0.2, 0.25) is 0 Å². The van der Waals surface area contributed by atoms with Crippen LogP contribution in [0.4, 0.5) is 0 Å². The van der Waals surface area contributed by atoms with E-state index in [1.165, 1.54) is 44.1 Å². The summed E-state index contributed by atoms with van der Waals surface area (Å²) in [5.74, 6) is 0. The van der Waals surface area contributed by atoms with Gasteiger partial charge >= 0.3 is 0 Å². The molecule has 0 radical (unpaired) electrons. The van der Waals surface area contributed by atoms with E-state index in [4.69, 9.17) is 5.73 Å². The molecule has 0 spiro atoms. The zero-order valence-corrected chi connectivity index (χ0v) is 9.54. The van der Waals surface area contributed by atoms with Crippen molar-refractivity contribution in [1.29, 1.82) is 0 Å². The molecule has 0 unspecified atom stereocenters. The Bertz CT molecular complexity index is 277. The van der Waals surface area contributed by atoms with Crippen LogP contribution in [-0.2, 0) is 19.3 Å². The van der Waals surface area contributed by atoms with Crippen LogP contribution in [0.2, 0.25) is 0 Å². The predicted octanol–water partition coefficient (Wildman–Crippen LogP) is 2.91. The Labute approximate surface area is 90.3 Å². The Morgan fingerprint density at radius 3 is 2.71 bits per heavy atom. The van der Waals surface area contributed by atoms with E-state index in [1.54, 1.807) is 10.4 Å². The van der Waals surface area contributed by atoms with Crippen LogP contribution in [0, 0.1) is 0 Å². The molecule has 14 heavy (non-hydrogen) atoms. The molecule has 0 bridgehead atoms. The topological polar surface area (TPSA) is 26.0 Å². The summed E-state index contributed by atoms with van der Waals surface area (Å²) in [5, 5.41) is 2.34. The molecule has 0 saturated heterocycles. The second kappa shape index (κ2) is 4.94. The Hall–Kier alpha value is -0.340. The van der Waals surface area contributed by atoms with E-state index in [0.29, 0.717) is 0 Å². The van der Waals surface area contributed by atoms with Crippen molar-refractivity contribution in [3.05, 3.63) is 21.4 Å². The van der Waals surface area contributed by atoms with Crippen molar-refractivity contribution < 1.29 is 0 Å². The first-order chi connectivity index (χ1) is 6.92. The molecule has 0 amide bonds. The second-order valence-corrected chi connectivity index (χ2v) is 5.08. The van der Waals surface area contributed by atoms with E-state index < -0.39 is 0 Å². The van der Waals surface area contributed by atoms with Crippen LogP contribution in [0.25, 0.3) is 0 Å². The quantitative estimate of drug-likeness (QED) is 0.796. The summed E-state index contributed by atoms with van der Waals surface area (Å²) in [6.07, 6.45) is 9.28. The largest absolute Gasteiger partial charge is 0.330 e. The minimum absolute atomic E-state index is 0.795. The van der Waals surface area contributed by atoms with Gasteiger partial charge in [0, 0.05) is 4.88 Å². The monoisotopic (exact) mass is 209 g/mol. The summed E-state index contributed by atoms with van der Waals surface area (Å²) in [5.41, 5.74) is 8.82. The smallest absolute Gasteiger partial charge is 0.00800 e. The van der Waals surface area contributed by atoms with E-state index in [9.17, 15) is 0 Å². The van der Waals surface area contributed by atoms with Crippen molar-refractivity contribution in [2.24, 2.45) is 5.73 Å². The molecule has 1 aliphatic rings. The molecule has 0 aromatic carbocycles. The van der Waals surface area contributed by atoms with Gasteiger partial charge in [-0.2, -0.15) is 0 Å². The summed E-state index contributed by atoms with van der Waals surface area (Å²) in [6.45, 7) is 0.795. The molecule has 2 heteroatoms. The zero-order valence-electron chi connectivity index (χ0n) is 8.72. The average molecular weight is 209 g/mol. The lowest BCUT2D eigenvalue weighted by atomic mass is 9.96. The van der Waals surface area contributed by atoms with Gasteiger partial charge in [-0.3, -0.25) is 0 Å². The van der Waals surface area contributed by atoms with Crippen molar-refractivity contribution in [2.45, 2.75) is 44.9 Å². The molecular weight excluding hydrogens is 190 g/mol. The minimum atomic E-state index is 0.795. The molecule has 1 aliphatic carbocycles. The SMILES string of the molecule is NCCc1csc2c1CCCCCC2. The summed E-state index contributed by atoms with van der Waals surface area (Å²) in [6, 6.07) is 0. The molecule has 2 N–H and O–H groups in total. The molecule has 2 rings (SSSR count). The molecular formula is C12H19NS. The summed E-state index contributed by atoms with van der Waals surface area (Å²) in [7, 11) is 0. The highest BCUT2D eigenvalue weighted by molar-refractivity contribution is 7.10. The Balaban J connectivity index is 2.19. The maximum Gasteiger partial charge on any atom is 0.00800 e. The number of hydrogen-bond acceptors (Lipinski definition) is 2. The summed E-state index contributed by atoms with van der Waals surface area (Å²) >= 11 is 1.96. The number of hydrogen-bond donors (Lipinski definition) is 1. The van der Waals surface area contributed by atoms with Gasteiger partial charge in [-0.25, -0.2) is 0 Å². The van der Waals surface area contributed by atoms with Crippen LogP contribution in [0.15, 0.2) is 5.38 Å². The fourth-order valence-corrected chi connectivity index (χ4v) is 3.46. The van der Waals surface area contributed by atoms with Gasteiger partial charge in [-0.1, -0.05) is 12.8 Å². The first-order valence-corrected chi connectivity index (χ1v) is 6.58. The van der Waals surface area contributed by atoms with Crippen molar-refractivity contribution in [1.82, 2.24) is 0 Å². The van der Waals surface area contributed by atoms with Crippen LogP contribution in [0.5, 0.6) is 0 Å². The molecule has 1 aromatic rings. The van der Waals surface area contributed by atoms with Gasteiger partial charge < -0.3 is 5.73 Å². The maximum absolute atomic E-state index is 5.63. The molecule has 1 nitrogen and oxygen atoms in total. The molecule has 0 saturated carbocycles. The number of thiophene rings is 1. The molecule has 1 aromatic heterocycles. The predicted molar refractivity (Wildman–Crippen MR) is 63.0 cm³/mol. The highest BCUT2D eigenvalue weighted by Gasteiger charge is 2.12. The van der Waals surface area contributed by atoms with Crippen LogP contribution in [0.1, 0.15) is 41.7 Å². The fourth-order valence-electron chi connectivity index (χ4n) is 2.28. The van der Waals surface area contributed by atoms with Crippen LogP contribution in [0.3, 0.4) is 0 Å². The molecule has 0 atom stereocenters. The summed E-state index contributed by atoms with van der Waals surface area (Å²) < 4.78 is 0. The van der Waals surface area contributed by atoms with Gasteiger partial charge in [0.1, 0.15) is 0 Å². The van der Waals surface area contributed by atoms with Crippen molar-refractivity contribution in [3.63, 3.8) is 0 Å². The number of fused-ring (bicyclic) bond motifs is 1. The van der Waals surface area contributed by atoms with Gasteiger partial charge in [-0.15, -0.1) is 11.3 Å². The lowest BCUT2D eigenvalue weighted by Gasteiger charge is -2.11. The highest BCUT2D eigenvalue weighted by atomic mass is 32.1. The number of rotatable bonds is 2. The van der Waals surface area contributed by atoms with Crippen LogP contribution >= 0.6 is 11.3 Å². The van der Waals surface area contributed by atoms with Gasteiger partial charge in [0.25, 0.3) is 0 Å². The van der Waals surface area contributed by atoms with Crippen LogP contribution in [-0.4, -0.2) is 6.54 Å². The lowest BCUT2D eigenvalue weighted by molar-refractivity contribution is 0.619. The Morgan fingerprint density at radius 2 is 1.93 bits per heavy atom. The molecule has 0 fully saturated rings. The van der Waals surface area contributed by atoms with E-state index in [-0.39, 0.29) is 0 Å². The zero-order chi connectivity index (χ0) is 9.80. The average Bonchev–Trinajstić information content (AvgIpc) is 2.48. The molecule has 1 heterocycles. The third-order valence-electron chi connectivity index (χ3n) is 3.06. The number of nitrogens with two attached hydrogens (primary N) is 1. The van der Waals surface area contributed by atoms with Crippen molar-refractivity contribution in [3.8, 4) is 0 Å². The van der Waals surface area contributed by atoms with Gasteiger partial charge in [-0.05, 0) is 55.2 Å². The standard InChI is InChI=1S/C12H19NS/c13-8-7-10-9-14-12-6-4-2-1-3-5-11(10)12/h9H,1-8,13H2. The first kappa shape index (κ1) is 10.2. The first-order valence-electron chi connectivity index (χ1n) is 5.70. The van der Waals surface area contributed by atoms with Gasteiger partial charge in [0.15, 0.2) is 0 Å². The summed E-state index contributed by atoms with van der Waals surface area (Å²) in [4.78, 5) is 1.65. The fraction of sp³-hybridized carbons (Fsp3) is 0.667. The third kappa shape index (κ3) is 2.18. The molecule has 0 aliphatic heterocycles. The second-order valence-electron chi connectivity index (χ2n) is 4.12. The van der Waals surface area contributed by atoms with E-state index in [0.717, 1.165) is 13.0 Å². The Morgan fingerprint density at radius 1 is 1.14 bits per heavy atom. The van der Waals surface area contributed by atoms with Gasteiger partial charge in [0.05, 0.1) is 0 Å². The maximum atomic E-state index is 5.63. The third-order valence-corrected chi connectivity index (χ3v) is 4.20.